The molecule has 0 spiro atoms. The third-order valence-corrected chi connectivity index (χ3v) is 5.44. The minimum Gasteiger partial charge on any atom is -0.451 e. The number of esters is 1. The van der Waals surface area contributed by atoms with Crippen molar-refractivity contribution in [1.82, 2.24) is 0 Å². The number of rotatable bonds is 6. The average Bonchev–Trinajstić information content (AvgIpc) is 3.10. The minimum absolute atomic E-state index is 0.304. The molecule has 0 aliphatic carbocycles. The molecule has 0 saturated heterocycles. The van der Waals surface area contributed by atoms with Crippen LogP contribution in [0.2, 0.25) is 0 Å². The Labute approximate surface area is 156 Å². The number of para-hydroxylation sites is 1. The zero-order valence-corrected chi connectivity index (χ0v) is 15.6. The fraction of sp³-hybridized carbons (Fsp3) is 0.238. The Morgan fingerprint density at radius 2 is 1.85 bits per heavy atom. The summed E-state index contributed by atoms with van der Waals surface area (Å²) >= 11 is 1.36. The molecule has 5 heteroatoms. The first kappa shape index (κ1) is 18.1. The smallest absolute Gasteiger partial charge is 0.348 e. The molecule has 0 saturated carbocycles. The Morgan fingerprint density at radius 3 is 2.62 bits per heavy atom. The number of amides is 1. The summed E-state index contributed by atoms with van der Waals surface area (Å²) in [7, 11) is 0. The quantitative estimate of drug-likeness (QED) is 0.609. The van der Waals surface area contributed by atoms with E-state index in [2.05, 4.69) is 19.2 Å². The van der Waals surface area contributed by atoms with Crippen molar-refractivity contribution in [3.63, 3.8) is 0 Å². The highest BCUT2D eigenvalue weighted by atomic mass is 32.1. The van der Waals surface area contributed by atoms with Crippen molar-refractivity contribution in [2.45, 2.75) is 26.2 Å². The largest absolute Gasteiger partial charge is 0.451 e. The van der Waals surface area contributed by atoms with Crippen LogP contribution >= 0.6 is 11.3 Å². The van der Waals surface area contributed by atoms with Gasteiger partial charge in [-0.15, -0.1) is 11.3 Å². The highest BCUT2D eigenvalue weighted by Crippen LogP contribution is 2.27. The second kappa shape index (κ2) is 8.15. The zero-order valence-electron chi connectivity index (χ0n) is 14.8. The van der Waals surface area contributed by atoms with Gasteiger partial charge in [-0.05, 0) is 41.5 Å². The Balaban J connectivity index is 1.61. The van der Waals surface area contributed by atoms with Gasteiger partial charge >= 0.3 is 5.97 Å². The number of fused-ring (bicyclic) bond motifs is 1. The maximum Gasteiger partial charge on any atom is 0.348 e. The second-order valence-electron chi connectivity index (χ2n) is 6.17. The first-order valence-corrected chi connectivity index (χ1v) is 9.44. The molecule has 134 valence electrons. The van der Waals surface area contributed by atoms with Crippen molar-refractivity contribution in [3.8, 4) is 0 Å². The van der Waals surface area contributed by atoms with Gasteiger partial charge in [-0.1, -0.05) is 50.2 Å². The van der Waals surface area contributed by atoms with Gasteiger partial charge in [0.15, 0.2) is 6.61 Å². The van der Waals surface area contributed by atoms with Crippen LogP contribution in [0.3, 0.4) is 0 Å². The van der Waals surface area contributed by atoms with Crippen molar-refractivity contribution in [1.29, 1.82) is 0 Å². The topological polar surface area (TPSA) is 55.4 Å². The lowest BCUT2D eigenvalue weighted by molar-refractivity contribution is -0.119. The van der Waals surface area contributed by atoms with E-state index >= 15 is 0 Å². The van der Waals surface area contributed by atoms with E-state index in [-0.39, 0.29) is 12.5 Å². The number of hydrogen-bond acceptors (Lipinski definition) is 4. The number of carbonyl (C=O) groups excluding carboxylic acids is 2. The molecule has 26 heavy (non-hydrogen) atoms. The Hall–Kier alpha value is -2.66. The van der Waals surface area contributed by atoms with Crippen LogP contribution in [0.25, 0.3) is 10.1 Å². The molecule has 0 bridgehead atoms. The average molecular weight is 367 g/mol. The van der Waals surface area contributed by atoms with Gasteiger partial charge in [0.1, 0.15) is 4.88 Å². The molecule has 0 unspecified atom stereocenters. The van der Waals surface area contributed by atoms with Crippen LogP contribution in [0.1, 0.15) is 41.4 Å². The van der Waals surface area contributed by atoms with Crippen molar-refractivity contribution in [2.75, 3.05) is 11.9 Å². The van der Waals surface area contributed by atoms with Crippen LogP contribution in [0.4, 0.5) is 5.69 Å². The second-order valence-corrected chi connectivity index (χ2v) is 7.25. The number of nitrogens with one attached hydrogen (secondary N) is 1. The molecule has 1 heterocycles. The summed E-state index contributed by atoms with van der Waals surface area (Å²) in [6, 6.07) is 17.3. The van der Waals surface area contributed by atoms with E-state index in [4.69, 9.17) is 4.74 Å². The predicted octanol–water partition coefficient (Wildman–Crippen LogP) is 5.21. The molecule has 4 nitrogen and oxygen atoms in total. The number of hydrogen-bond donors (Lipinski definition) is 1. The molecule has 1 amide bonds. The molecule has 0 radical (unpaired) electrons. The maximum absolute atomic E-state index is 12.2. The van der Waals surface area contributed by atoms with Gasteiger partial charge in [0.05, 0.1) is 0 Å². The number of ether oxygens (including phenoxy) is 1. The summed E-state index contributed by atoms with van der Waals surface area (Å²) < 4.78 is 6.20. The Kier molecular flexibility index (Phi) is 5.68. The lowest BCUT2D eigenvalue weighted by Gasteiger charge is -2.15. The van der Waals surface area contributed by atoms with E-state index in [1.807, 2.05) is 48.5 Å². The van der Waals surface area contributed by atoms with Gasteiger partial charge in [-0.2, -0.15) is 0 Å². The number of carbonyl (C=O) groups is 2. The van der Waals surface area contributed by atoms with Crippen LogP contribution < -0.4 is 5.32 Å². The van der Waals surface area contributed by atoms with Crippen molar-refractivity contribution >= 4 is 39.0 Å². The van der Waals surface area contributed by atoms with Crippen LogP contribution in [0.15, 0.2) is 54.6 Å². The SMILES string of the molecule is CC[C@@H](C)c1ccccc1NC(=O)COC(=O)c1cc2ccccc2s1. The van der Waals surface area contributed by atoms with E-state index in [0.29, 0.717) is 10.8 Å². The van der Waals surface area contributed by atoms with Crippen LogP contribution in [-0.4, -0.2) is 18.5 Å². The van der Waals surface area contributed by atoms with Crippen LogP contribution in [0, 0.1) is 0 Å². The molecule has 1 aromatic heterocycles. The summed E-state index contributed by atoms with van der Waals surface area (Å²) in [5, 5.41) is 3.84. The summed E-state index contributed by atoms with van der Waals surface area (Å²) in [6.45, 7) is 3.92. The fourth-order valence-electron chi connectivity index (χ4n) is 2.73. The molecular weight excluding hydrogens is 346 g/mol. The third-order valence-electron chi connectivity index (χ3n) is 4.34. The van der Waals surface area contributed by atoms with Crippen molar-refractivity contribution in [2.24, 2.45) is 0 Å². The lowest BCUT2D eigenvalue weighted by atomic mass is 9.97. The molecule has 0 aliphatic rings. The maximum atomic E-state index is 12.2. The number of thiophene rings is 1. The van der Waals surface area contributed by atoms with Crippen LogP contribution in [0.5, 0.6) is 0 Å². The summed E-state index contributed by atoms with van der Waals surface area (Å²) in [4.78, 5) is 24.9. The van der Waals surface area contributed by atoms with E-state index in [1.54, 1.807) is 6.07 Å². The van der Waals surface area contributed by atoms with Gasteiger partial charge in [-0.25, -0.2) is 4.79 Å². The zero-order chi connectivity index (χ0) is 18.5. The van der Waals surface area contributed by atoms with E-state index < -0.39 is 5.97 Å². The summed E-state index contributed by atoms with van der Waals surface area (Å²) in [5.74, 6) is -0.473. The van der Waals surface area contributed by atoms with Crippen molar-refractivity contribution in [3.05, 3.63) is 65.0 Å². The highest BCUT2D eigenvalue weighted by Gasteiger charge is 2.15. The Bertz CT molecular complexity index is 899. The number of anilines is 1. The molecular formula is C21H21NO3S. The van der Waals surface area contributed by atoms with E-state index in [1.165, 1.54) is 11.3 Å². The predicted molar refractivity (Wildman–Crippen MR) is 106 cm³/mol. The molecule has 0 aliphatic heterocycles. The van der Waals surface area contributed by atoms with Gasteiger partial charge in [0, 0.05) is 10.4 Å². The molecule has 3 rings (SSSR count). The molecule has 1 N–H and O–H groups in total. The van der Waals surface area contributed by atoms with Gasteiger partial charge in [0.25, 0.3) is 5.91 Å². The monoisotopic (exact) mass is 367 g/mol. The van der Waals surface area contributed by atoms with Crippen LogP contribution in [-0.2, 0) is 9.53 Å². The third kappa shape index (κ3) is 4.11. The molecule has 1 atom stereocenters. The van der Waals surface area contributed by atoms with Crippen molar-refractivity contribution < 1.29 is 14.3 Å². The lowest BCUT2D eigenvalue weighted by Crippen LogP contribution is -2.21. The first-order valence-electron chi connectivity index (χ1n) is 8.63. The number of benzene rings is 2. The highest BCUT2D eigenvalue weighted by molar-refractivity contribution is 7.20. The standard InChI is InChI=1S/C21H21NO3S/c1-3-14(2)16-9-5-6-10-17(16)22-20(23)13-25-21(24)19-12-15-8-4-7-11-18(15)26-19/h4-12,14H,3,13H2,1-2H3,(H,22,23)/t14-/m1/s1. The first-order chi connectivity index (χ1) is 12.6. The van der Waals surface area contributed by atoms with E-state index in [0.717, 1.165) is 27.8 Å². The van der Waals surface area contributed by atoms with Gasteiger partial charge < -0.3 is 10.1 Å². The molecule has 0 fully saturated rings. The normalized spacial score (nSPS) is 11.9. The van der Waals surface area contributed by atoms with Gasteiger partial charge in [0.2, 0.25) is 0 Å². The Morgan fingerprint density at radius 1 is 1.12 bits per heavy atom. The minimum atomic E-state index is -0.475. The summed E-state index contributed by atoms with van der Waals surface area (Å²) in [5.41, 5.74) is 1.85. The molecule has 2 aromatic carbocycles. The fourth-order valence-corrected chi connectivity index (χ4v) is 3.69. The van der Waals surface area contributed by atoms with Gasteiger partial charge in [-0.3, -0.25) is 4.79 Å². The molecule has 3 aromatic rings. The summed E-state index contributed by atoms with van der Waals surface area (Å²) in [6.07, 6.45) is 0.980. The van der Waals surface area contributed by atoms with E-state index in [9.17, 15) is 9.59 Å².